The number of hydrogen-bond donors (Lipinski definition) is 1. The number of benzene rings is 1. The molecule has 1 spiro atoms. The van der Waals surface area contributed by atoms with Crippen molar-refractivity contribution in [2.24, 2.45) is 0 Å². The zero-order valence-electron chi connectivity index (χ0n) is 15.1. The van der Waals surface area contributed by atoms with Crippen LogP contribution in [0.4, 0.5) is 4.79 Å². The second kappa shape index (κ2) is 8.06. The maximum Gasteiger partial charge on any atom is 0.317 e. The van der Waals surface area contributed by atoms with Crippen molar-refractivity contribution in [1.82, 2.24) is 10.2 Å². The van der Waals surface area contributed by atoms with E-state index in [0.717, 1.165) is 31.4 Å². The zero-order valence-corrected chi connectivity index (χ0v) is 15.1. The van der Waals surface area contributed by atoms with Crippen LogP contribution in [-0.4, -0.2) is 56.2 Å². The molecule has 0 aromatic heterocycles. The Morgan fingerprint density at radius 3 is 2.48 bits per heavy atom. The minimum atomic E-state index is -0.434. The zero-order chi connectivity index (χ0) is 17.7. The average Bonchev–Trinajstić information content (AvgIpc) is 3.09. The largest absolute Gasteiger partial charge is 0.497 e. The number of ether oxygens (including phenoxy) is 3. The van der Waals surface area contributed by atoms with Gasteiger partial charge in [0.05, 0.1) is 20.3 Å². The Kier molecular flexibility index (Phi) is 5.81. The van der Waals surface area contributed by atoms with Gasteiger partial charge in [0.15, 0.2) is 5.79 Å². The molecule has 6 nitrogen and oxygen atoms in total. The van der Waals surface area contributed by atoms with Crippen LogP contribution in [0.3, 0.4) is 0 Å². The van der Waals surface area contributed by atoms with Crippen molar-refractivity contribution in [3.63, 3.8) is 0 Å². The number of nitrogens with zero attached hydrogens (tertiary/aromatic N) is 1. The molecule has 2 aliphatic heterocycles. The van der Waals surface area contributed by atoms with Crippen molar-refractivity contribution in [2.75, 3.05) is 33.4 Å². The van der Waals surface area contributed by atoms with E-state index in [4.69, 9.17) is 14.2 Å². The molecule has 2 aliphatic rings. The van der Waals surface area contributed by atoms with E-state index in [1.165, 1.54) is 5.56 Å². The summed E-state index contributed by atoms with van der Waals surface area (Å²) in [5.41, 5.74) is 1.25. The first-order valence-corrected chi connectivity index (χ1v) is 9.06. The van der Waals surface area contributed by atoms with Gasteiger partial charge in [-0.25, -0.2) is 4.79 Å². The van der Waals surface area contributed by atoms with Crippen LogP contribution in [0.25, 0.3) is 0 Å². The van der Waals surface area contributed by atoms with E-state index >= 15 is 0 Å². The lowest BCUT2D eigenvalue weighted by molar-refractivity contribution is -0.181. The number of nitrogens with one attached hydrogen (secondary N) is 1. The number of aryl methyl sites for hydroxylation is 1. The van der Waals surface area contributed by atoms with Gasteiger partial charge in [0.2, 0.25) is 0 Å². The van der Waals surface area contributed by atoms with Crippen LogP contribution >= 0.6 is 0 Å². The van der Waals surface area contributed by atoms with Crippen molar-refractivity contribution in [3.05, 3.63) is 29.8 Å². The number of likely N-dealkylation sites (tertiary alicyclic amines) is 1. The van der Waals surface area contributed by atoms with Crippen LogP contribution in [0.1, 0.15) is 31.7 Å². The second-order valence-corrected chi connectivity index (χ2v) is 6.83. The highest BCUT2D eigenvalue weighted by molar-refractivity contribution is 5.74. The number of hydrogen-bond acceptors (Lipinski definition) is 4. The lowest BCUT2D eigenvalue weighted by Gasteiger charge is -2.37. The van der Waals surface area contributed by atoms with E-state index in [1.807, 2.05) is 17.0 Å². The highest BCUT2D eigenvalue weighted by Gasteiger charge is 2.40. The number of carbonyl (C=O) groups excluding carboxylic acids is 1. The van der Waals surface area contributed by atoms with E-state index in [1.54, 1.807) is 7.11 Å². The van der Waals surface area contributed by atoms with Gasteiger partial charge in [-0.15, -0.1) is 0 Å². The van der Waals surface area contributed by atoms with Crippen molar-refractivity contribution >= 4 is 6.03 Å². The Balaban J connectivity index is 1.40. The van der Waals surface area contributed by atoms with Gasteiger partial charge in [0.1, 0.15) is 5.75 Å². The fraction of sp³-hybridized carbons (Fsp3) is 0.632. The Labute approximate surface area is 149 Å². The average molecular weight is 348 g/mol. The molecule has 3 rings (SSSR count). The highest BCUT2D eigenvalue weighted by Crippen LogP contribution is 2.31. The molecule has 0 aliphatic carbocycles. The third-order valence-electron chi connectivity index (χ3n) is 5.02. The molecule has 138 valence electrons. The Hall–Kier alpha value is -1.79. The SMILES string of the molecule is COc1ccc(CC[C@@H](C)NC(=O)N2CCC3(CC2)OCCO3)cc1. The monoisotopic (exact) mass is 348 g/mol. The molecule has 1 atom stereocenters. The van der Waals surface area contributed by atoms with E-state index in [2.05, 4.69) is 24.4 Å². The van der Waals surface area contributed by atoms with Gasteiger partial charge in [-0.3, -0.25) is 0 Å². The molecule has 2 heterocycles. The smallest absolute Gasteiger partial charge is 0.317 e. The van der Waals surface area contributed by atoms with Gasteiger partial charge in [-0.05, 0) is 37.5 Å². The summed E-state index contributed by atoms with van der Waals surface area (Å²) >= 11 is 0. The summed E-state index contributed by atoms with van der Waals surface area (Å²) in [6.07, 6.45) is 3.33. The first kappa shape index (κ1) is 18.0. The number of urea groups is 1. The van der Waals surface area contributed by atoms with Gasteiger partial charge < -0.3 is 24.4 Å². The third kappa shape index (κ3) is 4.64. The summed E-state index contributed by atoms with van der Waals surface area (Å²) < 4.78 is 16.6. The van der Waals surface area contributed by atoms with Crippen LogP contribution in [0.2, 0.25) is 0 Å². The predicted octanol–water partition coefficient (Wildman–Crippen LogP) is 2.56. The minimum Gasteiger partial charge on any atom is -0.497 e. The molecular weight excluding hydrogens is 320 g/mol. The van der Waals surface area contributed by atoms with Crippen LogP contribution in [0.15, 0.2) is 24.3 Å². The second-order valence-electron chi connectivity index (χ2n) is 6.83. The maximum atomic E-state index is 12.4. The van der Waals surface area contributed by atoms with Crippen molar-refractivity contribution in [2.45, 2.75) is 44.4 Å². The van der Waals surface area contributed by atoms with Gasteiger partial charge in [0, 0.05) is 32.0 Å². The molecule has 0 radical (unpaired) electrons. The molecule has 2 saturated heterocycles. The standard InChI is InChI=1S/C19H28N2O4/c1-15(3-4-16-5-7-17(23-2)8-6-16)20-18(22)21-11-9-19(10-12-21)24-13-14-25-19/h5-8,15H,3-4,9-14H2,1-2H3,(H,20,22)/t15-/m1/s1. The number of piperidine rings is 1. The molecular formula is C19H28N2O4. The fourth-order valence-corrected chi connectivity index (χ4v) is 3.39. The fourth-order valence-electron chi connectivity index (χ4n) is 3.39. The maximum absolute atomic E-state index is 12.4. The summed E-state index contributed by atoms with van der Waals surface area (Å²) in [5, 5.41) is 3.10. The molecule has 1 N–H and O–H groups in total. The van der Waals surface area contributed by atoms with Crippen molar-refractivity contribution in [1.29, 1.82) is 0 Å². The Morgan fingerprint density at radius 1 is 1.24 bits per heavy atom. The van der Waals surface area contributed by atoms with Gasteiger partial charge in [-0.2, -0.15) is 0 Å². The molecule has 0 unspecified atom stereocenters. The summed E-state index contributed by atoms with van der Waals surface area (Å²) in [6, 6.07) is 8.21. The normalized spacial score (nSPS) is 20.5. The van der Waals surface area contributed by atoms with Crippen molar-refractivity contribution < 1.29 is 19.0 Å². The van der Waals surface area contributed by atoms with E-state index in [0.29, 0.717) is 26.3 Å². The summed E-state index contributed by atoms with van der Waals surface area (Å²) in [4.78, 5) is 14.3. The summed E-state index contributed by atoms with van der Waals surface area (Å²) in [6.45, 7) is 4.73. The predicted molar refractivity (Wildman–Crippen MR) is 94.8 cm³/mol. The summed E-state index contributed by atoms with van der Waals surface area (Å²) in [5.74, 6) is 0.430. The Morgan fingerprint density at radius 2 is 1.88 bits per heavy atom. The molecule has 2 amide bonds. The van der Waals surface area contributed by atoms with E-state index in [9.17, 15) is 4.79 Å². The van der Waals surface area contributed by atoms with Gasteiger partial charge >= 0.3 is 6.03 Å². The lowest BCUT2D eigenvalue weighted by atomic mass is 10.0. The number of methoxy groups -OCH3 is 1. The first-order chi connectivity index (χ1) is 12.1. The third-order valence-corrected chi connectivity index (χ3v) is 5.02. The number of amides is 2. The van der Waals surface area contributed by atoms with E-state index in [-0.39, 0.29) is 12.1 Å². The van der Waals surface area contributed by atoms with Crippen LogP contribution in [0.5, 0.6) is 5.75 Å². The van der Waals surface area contributed by atoms with Crippen molar-refractivity contribution in [3.8, 4) is 5.75 Å². The minimum absolute atomic E-state index is 0.00933. The van der Waals surface area contributed by atoms with Crippen LogP contribution in [0, 0.1) is 0 Å². The van der Waals surface area contributed by atoms with E-state index < -0.39 is 5.79 Å². The van der Waals surface area contributed by atoms with Gasteiger partial charge in [0.25, 0.3) is 0 Å². The van der Waals surface area contributed by atoms with Gasteiger partial charge in [-0.1, -0.05) is 12.1 Å². The molecule has 1 aromatic rings. The molecule has 0 saturated carbocycles. The number of carbonyl (C=O) groups is 1. The molecule has 2 fully saturated rings. The van der Waals surface area contributed by atoms with Crippen LogP contribution < -0.4 is 10.1 Å². The Bertz CT molecular complexity index is 559. The first-order valence-electron chi connectivity index (χ1n) is 9.06. The topological polar surface area (TPSA) is 60.0 Å². The number of rotatable bonds is 5. The summed E-state index contributed by atoms with van der Waals surface area (Å²) in [7, 11) is 1.67. The molecule has 6 heteroatoms. The van der Waals surface area contributed by atoms with Crippen LogP contribution in [-0.2, 0) is 15.9 Å². The molecule has 25 heavy (non-hydrogen) atoms. The quantitative estimate of drug-likeness (QED) is 0.888. The lowest BCUT2D eigenvalue weighted by Crippen LogP contribution is -2.51. The molecule has 1 aromatic carbocycles. The highest BCUT2D eigenvalue weighted by atomic mass is 16.7. The molecule has 0 bridgehead atoms.